The standard InChI is InChI=1S/C17H21N5OS2/c1-11-14(12(2)22-16(18-11)19-17(20-22)24-4)5-6-15(23)21(3)9-13-7-8-25-10-13/h7-8,10H,5-6,9H2,1-4H3. The Hall–Kier alpha value is -1.93. The van der Waals surface area contributed by atoms with Gasteiger partial charge in [-0.1, -0.05) is 11.8 Å². The van der Waals surface area contributed by atoms with E-state index < -0.39 is 0 Å². The van der Waals surface area contributed by atoms with Crippen LogP contribution >= 0.6 is 23.1 Å². The molecule has 0 saturated heterocycles. The van der Waals surface area contributed by atoms with Crippen LogP contribution in [-0.2, 0) is 17.8 Å². The molecule has 3 heterocycles. The lowest BCUT2D eigenvalue weighted by Gasteiger charge is -2.17. The number of fused-ring (bicyclic) bond motifs is 1. The molecule has 25 heavy (non-hydrogen) atoms. The molecule has 0 atom stereocenters. The highest BCUT2D eigenvalue weighted by Gasteiger charge is 2.16. The fraction of sp³-hybridized carbons (Fsp3) is 0.412. The van der Waals surface area contributed by atoms with Gasteiger partial charge in [0.15, 0.2) is 0 Å². The number of hydrogen-bond donors (Lipinski definition) is 0. The number of carbonyl (C=O) groups is 1. The Morgan fingerprint density at radius 1 is 1.36 bits per heavy atom. The summed E-state index contributed by atoms with van der Waals surface area (Å²) in [5.74, 6) is 0.748. The van der Waals surface area contributed by atoms with Crippen LogP contribution in [0, 0.1) is 13.8 Å². The van der Waals surface area contributed by atoms with Gasteiger partial charge in [-0.2, -0.15) is 16.3 Å². The van der Waals surface area contributed by atoms with Gasteiger partial charge < -0.3 is 4.90 Å². The zero-order valence-electron chi connectivity index (χ0n) is 14.8. The predicted octanol–water partition coefficient (Wildman–Crippen LogP) is 3.12. The minimum absolute atomic E-state index is 0.133. The maximum absolute atomic E-state index is 12.5. The van der Waals surface area contributed by atoms with Gasteiger partial charge in [0.2, 0.25) is 11.1 Å². The molecule has 0 saturated carbocycles. The third-order valence-electron chi connectivity index (χ3n) is 4.23. The topological polar surface area (TPSA) is 63.4 Å². The van der Waals surface area contributed by atoms with E-state index >= 15 is 0 Å². The van der Waals surface area contributed by atoms with Crippen molar-refractivity contribution in [3.63, 3.8) is 0 Å². The summed E-state index contributed by atoms with van der Waals surface area (Å²) in [6, 6.07) is 2.05. The summed E-state index contributed by atoms with van der Waals surface area (Å²) in [4.78, 5) is 23.2. The number of amides is 1. The molecule has 0 radical (unpaired) electrons. The highest BCUT2D eigenvalue weighted by atomic mass is 32.2. The van der Waals surface area contributed by atoms with Crippen LogP contribution in [0.15, 0.2) is 22.0 Å². The van der Waals surface area contributed by atoms with E-state index in [1.165, 1.54) is 17.3 Å². The first-order valence-corrected chi connectivity index (χ1v) is 10.2. The second-order valence-corrected chi connectivity index (χ2v) is 7.51. The van der Waals surface area contributed by atoms with Gasteiger partial charge in [-0.3, -0.25) is 4.79 Å². The van der Waals surface area contributed by atoms with E-state index in [9.17, 15) is 4.79 Å². The van der Waals surface area contributed by atoms with Crippen molar-refractivity contribution in [1.82, 2.24) is 24.5 Å². The molecule has 8 heteroatoms. The molecule has 0 aliphatic rings. The Labute approximate surface area is 155 Å². The molecule has 3 aromatic rings. The van der Waals surface area contributed by atoms with Gasteiger partial charge in [-0.05, 0) is 54.5 Å². The summed E-state index contributed by atoms with van der Waals surface area (Å²) >= 11 is 3.14. The molecule has 0 aliphatic carbocycles. The molecule has 6 nitrogen and oxygen atoms in total. The van der Waals surface area contributed by atoms with Gasteiger partial charge in [0.05, 0.1) is 0 Å². The Morgan fingerprint density at radius 2 is 2.16 bits per heavy atom. The molecule has 0 aliphatic heterocycles. The van der Waals surface area contributed by atoms with Crippen molar-refractivity contribution in [2.45, 2.75) is 38.4 Å². The van der Waals surface area contributed by atoms with E-state index in [1.807, 2.05) is 32.5 Å². The third kappa shape index (κ3) is 3.85. The van der Waals surface area contributed by atoms with Crippen molar-refractivity contribution in [2.75, 3.05) is 13.3 Å². The van der Waals surface area contributed by atoms with Crippen LogP contribution in [0.25, 0.3) is 5.78 Å². The first kappa shape index (κ1) is 17.9. The third-order valence-corrected chi connectivity index (χ3v) is 5.50. The number of aryl methyl sites for hydroxylation is 2. The number of carbonyl (C=O) groups excluding carboxylic acids is 1. The van der Waals surface area contributed by atoms with Crippen molar-refractivity contribution in [2.24, 2.45) is 0 Å². The summed E-state index contributed by atoms with van der Waals surface area (Å²) < 4.78 is 1.77. The lowest BCUT2D eigenvalue weighted by molar-refractivity contribution is -0.130. The summed E-state index contributed by atoms with van der Waals surface area (Å²) in [5.41, 5.74) is 4.16. The fourth-order valence-corrected chi connectivity index (χ4v) is 3.80. The van der Waals surface area contributed by atoms with Gasteiger partial charge in [-0.25, -0.2) is 9.50 Å². The van der Waals surface area contributed by atoms with Crippen molar-refractivity contribution in [3.05, 3.63) is 39.3 Å². The normalized spacial score (nSPS) is 11.2. The van der Waals surface area contributed by atoms with Crippen LogP contribution in [0.2, 0.25) is 0 Å². The van der Waals surface area contributed by atoms with Crippen LogP contribution in [0.5, 0.6) is 0 Å². The second kappa shape index (κ2) is 7.53. The van der Waals surface area contributed by atoms with E-state index in [0.717, 1.165) is 17.0 Å². The molecule has 0 spiro atoms. The summed E-state index contributed by atoms with van der Waals surface area (Å²) in [6.45, 7) is 4.63. The molecule has 0 bridgehead atoms. The molecule has 0 aromatic carbocycles. The van der Waals surface area contributed by atoms with Crippen molar-refractivity contribution >= 4 is 34.8 Å². The molecule has 0 unspecified atom stereocenters. The SMILES string of the molecule is CSc1nc2nc(C)c(CCC(=O)N(C)Cc3ccsc3)c(C)n2n1. The Bertz CT molecular complexity index is 888. The van der Waals surface area contributed by atoms with Gasteiger partial charge >= 0.3 is 0 Å². The minimum Gasteiger partial charge on any atom is -0.341 e. The summed E-state index contributed by atoms with van der Waals surface area (Å²) in [7, 11) is 1.85. The average Bonchev–Trinajstić information content (AvgIpc) is 3.23. The number of thioether (sulfide) groups is 1. The van der Waals surface area contributed by atoms with Crippen LogP contribution < -0.4 is 0 Å². The highest BCUT2D eigenvalue weighted by molar-refractivity contribution is 7.98. The molecule has 3 aromatic heterocycles. The van der Waals surface area contributed by atoms with Gasteiger partial charge in [-0.15, -0.1) is 5.10 Å². The van der Waals surface area contributed by atoms with Gasteiger partial charge in [0, 0.05) is 31.4 Å². The number of nitrogens with zero attached hydrogens (tertiary/aromatic N) is 5. The zero-order chi connectivity index (χ0) is 18.0. The predicted molar refractivity (Wildman–Crippen MR) is 101 cm³/mol. The monoisotopic (exact) mass is 375 g/mol. The zero-order valence-corrected chi connectivity index (χ0v) is 16.4. The van der Waals surface area contributed by atoms with Crippen LogP contribution in [-0.4, -0.2) is 43.7 Å². The Morgan fingerprint density at radius 3 is 2.84 bits per heavy atom. The summed E-state index contributed by atoms with van der Waals surface area (Å²) in [6.07, 6.45) is 3.06. The van der Waals surface area contributed by atoms with Crippen molar-refractivity contribution in [1.29, 1.82) is 0 Å². The van der Waals surface area contributed by atoms with E-state index in [4.69, 9.17) is 0 Å². The quantitative estimate of drug-likeness (QED) is 0.620. The number of aromatic nitrogens is 4. The van der Waals surface area contributed by atoms with E-state index in [2.05, 4.69) is 26.5 Å². The number of thiophene rings is 1. The van der Waals surface area contributed by atoms with E-state index in [0.29, 0.717) is 30.3 Å². The Kier molecular flexibility index (Phi) is 5.39. The molecule has 0 N–H and O–H groups in total. The second-order valence-electron chi connectivity index (χ2n) is 5.95. The molecule has 0 fully saturated rings. The molecule has 132 valence electrons. The van der Waals surface area contributed by atoms with Crippen LogP contribution in [0.1, 0.15) is 28.9 Å². The number of rotatable bonds is 6. The minimum atomic E-state index is 0.133. The molecule has 1 amide bonds. The molecular weight excluding hydrogens is 354 g/mol. The van der Waals surface area contributed by atoms with Gasteiger partial charge in [0.1, 0.15) is 0 Å². The largest absolute Gasteiger partial charge is 0.341 e. The van der Waals surface area contributed by atoms with Crippen LogP contribution in [0.3, 0.4) is 0 Å². The maximum Gasteiger partial charge on any atom is 0.253 e. The first-order valence-electron chi connectivity index (χ1n) is 8.01. The van der Waals surface area contributed by atoms with Gasteiger partial charge in [0.25, 0.3) is 5.78 Å². The molecular formula is C17H21N5OS2. The van der Waals surface area contributed by atoms with E-state index in [-0.39, 0.29) is 5.91 Å². The van der Waals surface area contributed by atoms with Crippen molar-refractivity contribution < 1.29 is 4.79 Å². The molecule has 3 rings (SSSR count). The average molecular weight is 376 g/mol. The lowest BCUT2D eigenvalue weighted by atomic mass is 10.1. The van der Waals surface area contributed by atoms with E-state index in [1.54, 1.807) is 20.8 Å². The van der Waals surface area contributed by atoms with Crippen LogP contribution in [0.4, 0.5) is 0 Å². The summed E-state index contributed by atoms with van der Waals surface area (Å²) in [5, 5.41) is 9.27. The lowest BCUT2D eigenvalue weighted by Crippen LogP contribution is -2.26. The fourth-order valence-electron chi connectivity index (χ4n) is 2.81. The Balaban J connectivity index is 1.73. The van der Waals surface area contributed by atoms with Crippen molar-refractivity contribution in [3.8, 4) is 0 Å². The highest BCUT2D eigenvalue weighted by Crippen LogP contribution is 2.18. The first-order chi connectivity index (χ1) is 12.0. The smallest absolute Gasteiger partial charge is 0.253 e. The number of hydrogen-bond acceptors (Lipinski definition) is 6. The maximum atomic E-state index is 12.5.